The molecule has 0 fully saturated rings. The van der Waals surface area contributed by atoms with Crippen LogP contribution in [0.2, 0.25) is 0 Å². The summed E-state index contributed by atoms with van der Waals surface area (Å²) in [7, 11) is 0. The van der Waals surface area contributed by atoms with E-state index in [1.54, 1.807) is 27.7 Å². The van der Waals surface area contributed by atoms with E-state index >= 15 is 0 Å². The fourth-order valence-electron chi connectivity index (χ4n) is 2.92. The lowest BCUT2D eigenvalue weighted by Crippen LogP contribution is -2.28. The molecule has 1 amide bonds. The summed E-state index contributed by atoms with van der Waals surface area (Å²) in [6.45, 7) is 2.10. The van der Waals surface area contributed by atoms with E-state index in [-0.39, 0.29) is 17.7 Å². The number of thiophene rings is 2. The van der Waals surface area contributed by atoms with Gasteiger partial charge in [-0.05, 0) is 29.3 Å². The van der Waals surface area contributed by atoms with Crippen molar-refractivity contribution < 1.29 is 4.79 Å². The fraction of sp³-hybridized carbons (Fsp3) is 0.333. The molecule has 0 spiro atoms. The second-order valence-electron chi connectivity index (χ2n) is 6.10. The van der Waals surface area contributed by atoms with Gasteiger partial charge in [0.2, 0.25) is 5.16 Å². The number of thioether (sulfide) groups is 1. The number of hydrogen-bond acceptors (Lipinski definition) is 7. The molecular weight excluding hydrogens is 398 g/mol. The molecule has 140 valence electrons. The van der Waals surface area contributed by atoms with Gasteiger partial charge in [0.15, 0.2) is 0 Å². The van der Waals surface area contributed by atoms with E-state index < -0.39 is 0 Å². The van der Waals surface area contributed by atoms with E-state index in [0.717, 1.165) is 40.6 Å². The zero-order chi connectivity index (χ0) is 18.6. The summed E-state index contributed by atoms with van der Waals surface area (Å²) in [6.07, 6.45) is 2.62. The maximum absolute atomic E-state index is 12.9. The van der Waals surface area contributed by atoms with Crippen LogP contribution in [0.5, 0.6) is 0 Å². The Hall–Kier alpha value is -1.97. The Morgan fingerprint density at radius 3 is 2.93 bits per heavy atom. The molecule has 6 nitrogen and oxygen atoms in total. The van der Waals surface area contributed by atoms with Crippen molar-refractivity contribution in [2.45, 2.75) is 37.4 Å². The summed E-state index contributed by atoms with van der Waals surface area (Å²) in [5.41, 5.74) is 0.977. The van der Waals surface area contributed by atoms with Gasteiger partial charge in [0.05, 0.1) is 22.4 Å². The summed E-state index contributed by atoms with van der Waals surface area (Å²) < 4.78 is 0. The van der Waals surface area contributed by atoms with Crippen molar-refractivity contribution in [1.82, 2.24) is 20.2 Å². The van der Waals surface area contributed by atoms with E-state index in [4.69, 9.17) is 0 Å². The van der Waals surface area contributed by atoms with Crippen molar-refractivity contribution in [3.05, 3.63) is 50.6 Å². The van der Waals surface area contributed by atoms with Gasteiger partial charge in [0.1, 0.15) is 5.82 Å². The van der Waals surface area contributed by atoms with Crippen molar-refractivity contribution in [1.29, 1.82) is 0 Å². The van der Waals surface area contributed by atoms with Gasteiger partial charge in [-0.2, -0.15) is 5.10 Å². The molecule has 0 saturated heterocycles. The maximum Gasteiger partial charge on any atom is 0.253 e. The van der Waals surface area contributed by atoms with Gasteiger partial charge >= 0.3 is 0 Å². The maximum atomic E-state index is 12.9. The standard InChI is InChI=1S/C18H19N5OS3/c1-2-5-16-19-18(21-20-16)27-11-17(24)23-13(15-7-4-9-26-15)10-12(22-23)14-6-3-8-25-14/h3-4,6-9,13H,2,5,10-11H2,1H3,(H,19,20,21). The monoisotopic (exact) mass is 417 g/mol. The predicted octanol–water partition coefficient (Wildman–Crippen LogP) is 4.35. The van der Waals surface area contributed by atoms with Crippen LogP contribution in [0.3, 0.4) is 0 Å². The molecule has 0 aliphatic carbocycles. The van der Waals surface area contributed by atoms with Crippen LogP contribution in [-0.2, 0) is 11.2 Å². The lowest BCUT2D eigenvalue weighted by molar-refractivity contribution is -0.130. The average molecular weight is 418 g/mol. The first kappa shape index (κ1) is 18.4. The first-order chi connectivity index (χ1) is 13.2. The molecule has 9 heteroatoms. The van der Waals surface area contributed by atoms with Crippen LogP contribution in [0.15, 0.2) is 45.3 Å². The van der Waals surface area contributed by atoms with Crippen molar-refractivity contribution in [3.63, 3.8) is 0 Å². The molecular formula is C18H19N5OS3. The van der Waals surface area contributed by atoms with Crippen LogP contribution in [0.4, 0.5) is 0 Å². The van der Waals surface area contributed by atoms with Crippen LogP contribution in [0.1, 0.15) is 41.4 Å². The number of nitrogens with one attached hydrogen (secondary N) is 1. The molecule has 4 rings (SSSR count). The number of carbonyl (C=O) groups is 1. The summed E-state index contributed by atoms with van der Waals surface area (Å²) in [4.78, 5) is 19.6. The summed E-state index contributed by atoms with van der Waals surface area (Å²) in [6, 6.07) is 8.13. The summed E-state index contributed by atoms with van der Waals surface area (Å²) in [5, 5.41) is 18.1. The third-order valence-corrected chi connectivity index (χ3v) is 6.89. The second kappa shape index (κ2) is 8.37. The van der Waals surface area contributed by atoms with E-state index in [0.29, 0.717) is 5.16 Å². The molecule has 27 heavy (non-hydrogen) atoms. The SMILES string of the molecule is CCCc1nc(SCC(=O)N2N=C(c3cccs3)CC2c2cccs2)n[nH]1. The molecule has 3 aromatic rings. The minimum Gasteiger partial charge on any atom is -0.272 e. The number of hydrazone groups is 1. The zero-order valence-electron chi connectivity index (χ0n) is 14.8. The van der Waals surface area contributed by atoms with Gasteiger partial charge < -0.3 is 0 Å². The molecule has 1 N–H and O–H groups in total. The minimum absolute atomic E-state index is 0.0215. The number of rotatable bonds is 7. The molecule has 0 radical (unpaired) electrons. The van der Waals surface area contributed by atoms with Crippen LogP contribution in [0, 0.1) is 0 Å². The molecule has 0 saturated carbocycles. The fourth-order valence-corrected chi connectivity index (χ4v) is 5.12. The highest BCUT2D eigenvalue weighted by Crippen LogP contribution is 2.36. The van der Waals surface area contributed by atoms with Crippen molar-refractivity contribution >= 4 is 46.1 Å². The minimum atomic E-state index is -0.0296. The Morgan fingerprint density at radius 1 is 1.33 bits per heavy atom. The van der Waals surface area contributed by atoms with Gasteiger partial charge in [0, 0.05) is 17.7 Å². The second-order valence-corrected chi connectivity index (χ2v) is 8.97. The van der Waals surface area contributed by atoms with Crippen LogP contribution in [-0.4, -0.2) is 37.6 Å². The third-order valence-electron chi connectivity index (χ3n) is 4.17. The van der Waals surface area contributed by atoms with Crippen LogP contribution < -0.4 is 0 Å². The smallest absolute Gasteiger partial charge is 0.253 e. The van der Waals surface area contributed by atoms with Crippen LogP contribution in [0.25, 0.3) is 0 Å². The predicted molar refractivity (Wildman–Crippen MR) is 110 cm³/mol. The Balaban J connectivity index is 1.48. The highest BCUT2D eigenvalue weighted by Gasteiger charge is 2.34. The van der Waals surface area contributed by atoms with Crippen LogP contribution >= 0.6 is 34.4 Å². The number of amides is 1. The van der Waals surface area contributed by atoms with Gasteiger partial charge in [-0.3, -0.25) is 9.89 Å². The number of aromatic amines is 1. The normalized spacial score (nSPS) is 16.7. The summed E-state index contributed by atoms with van der Waals surface area (Å²) in [5.74, 6) is 1.11. The van der Waals surface area contributed by atoms with Gasteiger partial charge in [-0.1, -0.05) is 30.8 Å². The lowest BCUT2D eigenvalue weighted by atomic mass is 10.1. The Morgan fingerprint density at radius 2 is 2.19 bits per heavy atom. The first-order valence-electron chi connectivity index (χ1n) is 8.75. The highest BCUT2D eigenvalue weighted by atomic mass is 32.2. The van der Waals surface area contributed by atoms with Gasteiger partial charge in [0.25, 0.3) is 5.91 Å². The number of aryl methyl sites for hydroxylation is 1. The molecule has 3 aromatic heterocycles. The Bertz CT molecular complexity index is 917. The molecule has 1 aliphatic heterocycles. The Labute approximate surface area is 169 Å². The molecule has 0 aromatic carbocycles. The number of aromatic nitrogens is 3. The number of H-pyrrole nitrogens is 1. The average Bonchev–Trinajstić information content (AvgIpc) is 3.47. The first-order valence-corrected chi connectivity index (χ1v) is 11.5. The number of carbonyl (C=O) groups excluding carboxylic acids is 1. The van der Waals surface area contributed by atoms with Crippen molar-refractivity contribution in [3.8, 4) is 0 Å². The molecule has 1 atom stereocenters. The number of hydrogen-bond donors (Lipinski definition) is 1. The lowest BCUT2D eigenvalue weighted by Gasteiger charge is -2.20. The number of nitrogens with zero attached hydrogens (tertiary/aromatic N) is 4. The van der Waals surface area contributed by atoms with Gasteiger partial charge in [-0.25, -0.2) is 9.99 Å². The van der Waals surface area contributed by atoms with E-state index in [9.17, 15) is 4.79 Å². The van der Waals surface area contributed by atoms with E-state index in [2.05, 4.69) is 39.3 Å². The molecule has 4 heterocycles. The quantitative estimate of drug-likeness (QED) is 0.580. The van der Waals surface area contributed by atoms with E-state index in [1.807, 2.05) is 22.9 Å². The zero-order valence-corrected chi connectivity index (χ0v) is 17.2. The molecule has 1 aliphatic rings. The molecule has 1 unspecified atom stereocenters. The Kier molecular flexibility index (Phi) is 5.70. The highest BCUT2D eigenvalue weighted by molar-refractivity contribution is 7.99. The van der Waals surface area contributed by atoms with Crippen molar-refractivity contribution in [2.24, 2.45) is 5.10 Å². The largest absolute Gasteiger partial charge is 0.272 e. The third kappa shape index (κ3) is 4.15. The summed E-state index contributed by atoms with van der Waals surface area (Å²) >= 11 is 4.67. The van der Waals surface area contributed by atoms with Gasteiger partial charge in [-0.15, -0.1) is 27.8 Å². The van der Waals surface area contributed by atoms with E-state index in [1.165, 1.54) is 11.8 Å². The molecule has 0 bridgehead atoms. The van der Waals surface area contributed by atoms with Crippen molar-refractivity contribution in [2.75, 3.05) is 5.75 Å². The topological polar surface area (TPSA) is 74.2 Å².